The number of carbonyl (C=O) groups is 1. The number of Topliss-reactive ketones (excluding diaryl/α,β-unsaturated/α-hetero) is 1. The summed E-state index contributed by atoms with van der Waals surface area (Å²) in [5, 5.41) is 10.6. The van der Waals surface area contributed by atoms with E-state index in [0.717, 1.165) is 12.8 Å². The van der Waals surface area contributed by atoms with Crippen molar-refractivity contribution < 1.29 is 9.53 Å². The van der Waals surface area contributed by atoms with Crippen LogP contribution in [-0.2, 0) is 13.1 Å². The molecule has 1 aliphatic heterocycles. The van der Waals surface area contributed by atoms with Gasteiger partial charge in [0.1, 0.15) is 34.2 Å². The fourth-order valence-electron chi connectivity index (χ4n) is 4.44. The predicted molar refractivity (Wildman–Crippen MR) is 135 cm³/mol. The topological polar surface area (TPSA) is 119 Å². The van der Waals surface area contributed by atoms with Crippen molar-refractivity contribution in [1.82, 2.24) is 14.1 Å². The minimum Gasteiger partial charge on any atom is -0.497 e. The first-order chi connectivity index (χ1) is 16.8. The lowest BCUT2D eigenvalue weighted by Crippen LogP contribution is -2.44. The van der Waals surface area contributed by atoms with E-state index in [0.29, 0.717) is 46.3 Å². The van der Waals surface area contributed by atoms with Crippen LogP contribution in [0.4, 0.5) is 5.82 Å². The molecular formula is C25H27ClN6O3. The Morgan fingerprint density at radius 1 is 1.43 bits per heavy atom. The van der Waals surface area contributed by atoms with Gasteiger partial charge in [-0.1, -0.05) is 29.8 Å². The second kappa shape index (κ2) is 10.3. The van der Waals surface area contributed by atoms with Crippen molar-refractivity contribution >= 4 is 34.2 Å². The van der Waals surface area contributed by atoms with E-state index in [9.17, 15) is 14.9 Å². The summed E-state index contributed by atoms with van der Waals surface area (Å²) >= 11 is 6.11. The van der Waals surface area contributed by atoms with Gasteiger partial charge < -0.3 is 19.9 Å². The van der Waals surface area contributed by atoms with Crippen LogP contribution in [0.5, 0.6) is 5.75 Å². The number of fused-ring (bicyclic) bond motifs is 1. The van der Waals surface area contributed by atoms with Gasteiger partial charge in [-0.15, -0.1) is 0 Å². The number of nitrogens with two attached hydrogens (primary N) is 1. The maximum atomic E-state index is 13.6. The molecule has 1 aliphatic rings. The van der Waals surface area contributed by atoms with Crippen LogP contribution in [0.15, 0.2) is 46.5 Å². The number of nitrogens with zero attached hydrogens (tertiary/aromatic N) is 5. The van der Waals surface area contributed by atoms with Crippen molar-refractivity contribution in [3.05, 3.63) is 63.2 Å². The highest BCUT2D eigenvalue weighted by molar-refractivity contribution is 6.29. The van der Waals surface area contributed by atoms with Crippen molar-refractivity contribution in [2.75, 3.05) is 25.1 Å². The summed E-state index contributed by atoms with van der Waals surface area (Å²) in [6.45, 7) is 3.11. The van der Waals surface area contributed by atoms with E-state index in [1.165, 1.54) is 18.0 Å². The summed E-state index contributed by atoms with van der Waals surface area (Å²) in [4.78, 5) is 33.0. The molecule has 0 spiro atoms. The molecule has 3 aromatic rings. The second-order valence-electron chi connectivity index (χ2n) is 8.59. The molecule has 1 aromatic carbocycles. The molecule has 1 atom stereocenters. The van der Waals surface area contributed by atoms with E-state index in [4.69, 9.17) is 22.1 Å². The van der Waals surface area contributed by atoms with Gasteiger partial charge in [0.25, 0.3) is 5.56 Å². The summed E-state index contributed by atoms with van der Waals surface area (Å²) < 4.78 is 8.23. The van der Waals surface area contributed by atoms with Gasteiger partial charge in [-0.25, -0.2) is 4.98 Å². The van der Waals surface area contributed by atoms with Crippen LogP contribution < -0.4 is 20.9 Å². The van der Waals surface area contributed by atoms with E-state index >= 15 is 0 Å². The average molecular weight is 495 g/mol. The van der Waals surface area contributed by atoms with Gasteiger partial charge in [0.2, 0.25) is 0 Å². The fraction of sp³-hybridized carbons (Fsp3) is 0.360. The summed E-state index contributed by atoms with van der Waals surface area (Å²) in [5.74, 6) is 0.898. The molecule has 182 valence electrons. The summed E-state index contributed by atoms with van der Waals surface area (Å²) in [7, 11) is 1.52. The van der Waals surface area contributed by atoms with Crippen LogP contribution >= 0.6 is 11.6 Å². The van der Waals surface area contributed by atoms with Crippen LogP contribution in [-0.4, -0.2) is 46.1 Å². The lowest BCUT2D eigenvalue weighted by Gasteiger charge is -2.33. The maximum absolute atomic E-state index is 13.6. The Balaban J connectivity index is 1.84. The highest BCUT2D eigenvalue weighted by Gasteiger charge is 2.28. The van der Waals surface area contributed by atoms with Gasteiger partial charge >= 0.3 is 0 Å². The lowest BCUT2D eigenvalue weighted by atomic mass is 10.1. The van der Waals surface area contributed by atoms with Gasteiger partial charge in [-0.05, 0) is 31.9 Å². The van der Waals surface area contributed by atoms with Crippen LogP contribution in [0.2, 0.25) is 0 Å². The third kappa shape index (κ3) is 4.94. The number of halogens is 1. The number of nitriles is 1. The van der Waals surface area contributed by atoms with E-state index in [1.807, 2.05) is 4.90 Å². The van der Waals surface area contributed by atoms with Crippen LogP contribution in [0, 0.1) is 11.3 Å². The number of ketones is 1. The number of allylic oxidation sites excluding steroid dienone is 2. The van der Waals surface area contributed by atoms with Crippen molar-refractivity contribution in [3.63, 3.8) is 0 Å². The summed E-state index contributed by atoms with van der Waals surface area (Å²) in [6, 6.07) is 8.97. The molecule has 1 fully saturated rings. The normalized spacial score (nSPS) is 16.4. The van der Waals surface area contributed by atoms with Gasteiger partial charge in [0.15, 0.2) is 5.78 Å². The summed E-state index contributed by atoms with van der Waals surface area (Å²) in [5.41, 5.74) is 7.10. The van der Waals surface area contributed by atoms with E-state index in [1.54, 1.807) is 41.8 Å². The smallest absolute Gasteiger partial charge is 0.278 e. The number of anilines is 1. The van der Waals surface area contributed by atoms with E-state index in [-0.39, 0.29) is 30.4 Å². The summed E-state index contributed by atoms with van der Waals surface area (Å²) in [6.07, 6.45) is 4.87. The number of carbonyl (C=O) groups excluding carboxylic acids is 1. The number of benzene rings is 1. The molecule has 0 saturated carbocycles. The quantitative estimate of drug-likeness (QED) is 0.501. The molecule has 0 radical (unpaired) electrons. The van der Waals surface area contributed by atoms with Crippen LogP contribution in [0.25, 0.3) is 11.0 Å². The van der Waals surface area contributed by atoms with Crippen LogP contribution in [0.1, 0.15) is 35.7 Å². The molecule has 2 N–H and O–H groups in total. The number of ether oxygens (including phenoxy) is 1. The standard InChI is InChI=1S/C25H27ClN6O3/c1-16(26)8-10-32-23-22(20(12-27)24(32)30-9-4-6-18(28)13-30)29-15-31(25(23)34)14-21(33)17-5-3-7-19(11-17)35-2/h3,5,7-8,11,15,18H,4,6,9-10,13-14,28H2,1-2H3/b16-8-/t18-/m0/s1. The number of hydrogen-bond acceptors (Lipinski definition) is 7. The molecule has 3 heterocycles. The predicted octanol–water partition coefficient (Wildman–Crippen LogP) is 3.03. The van der Waals surface area contributed by atoms with Gasteiger partial charge in [-0.2, -0.15) is 5.26 Å². The van der Waals surface area contributed by atoms with Gasteiger partial charge in [-0.3, -0.25) is 14.2 Å². The largest absolute Gasteiger partial charge is 0.497 e. The van der Waals surface area contributed by atoms with E-state index in [2.05, 4.69) is 11.1 Å². The highest BCUT2D eigenvalue weighted by Crippen LogP contribution is 2.32. The molecule has 2 aromatic heterocycles. The van der Waals surface area contributed by atoms with Gasteiger partial charge in [0.05, 0.1) is 20.0 Å². The molecule has 4 rings (SSSR count). The minimum atomic E-state index is -0.407. The van der Waals surface area contributed by atoms with Crippen LogP contribution in [0.3, 0.4) is 0 Å². The Morgan fingerprint density at radius 2 is 2.23 bits per heavy atom. The molecule has 35 heavy (non-hydrogen) atoms. The third-order valence-electron chi connectivity index (χ3n) is 6.13. The zero-order chi connectivity index (χ0) is 25.1. The SMILES string of the molecule is COc1cccc(C(=O)Cn2cnc3c(C#N)c(N4CCC[C@H](N)C4)n(C/C=C(/C)Cl)c3c2=O)c1. The lowest BCUT2D eigenvalue weighted by molar-refractivity contribution is 0.0970. The number of piperidine rings is 1. The van der Waals surface area contributed by atoms with Crippen molar-refractivity contribution in [2.24, 2.45) is 5.73 Å². The molecule has 0 amide bonds. The molecule has 0 aliphatic carbocycles. The number of hydrogen-bond donors (Lipinski definition) is 1. The first-order valence-electron chi connectivity index (χ1n) is 11.4. The Bertz CT molecular complexity index is 1400. The minimum absolute atomic E-state index is 0.0304. The number of rotatable bonds is 7. The molecule has 0 unspecified atom stereocenters. The van der Waals surface area contributed by atoms with Gasteiger partial charge in [0, 0.05) is 36.3 Å². The second-order valence-corrected chi connectivity index (χ2v) is 9.19. The highest BCUT2D eigenvalue weighted by atomic mass is 35.5. The fourth-order valence-corrected chi connectivity index (χ4v) is 4.50. The van der Waals surface area contributed by atoms with Crippen molar-refractivity contribution in [1.29, 1.82) is 5.26 Å². The number of aromatic nitrogens is 3. The Kier molecular flexibility index (Phi) is 7.24. The Morgan fingerprint density at radius 3 is 2.91 bits per heavy atom. The zero-order valence-electron chi connectivity index (χ0n) is 19.7. The Hall–Kier alpha value is -3.61. The molecule has 0 bridgehead atoms. The zero-order valence-corrected chi connectivity index (χ0v) is 20.5. The first kappa shape index (κ1) is 24.5. The van der Waals surface area contributed by atoms with Crippen molar-refractivity contribution in [3.8, 4) is 11.8 Å². The average Bonchev–Trinajstić information content (AvgIpc) is 3.18. The molecule has 10 heteroatoms. The maximum Gasteiger partial charge on any atom is 0.278 e. The first-order valence-corrected chi connectivity index (χ1v) is 11.7. The van der Waals surface area contributed by atoms with E-state index < -0.39 is 5.56 Å². The molecule has 1 saturated heterocycles. The number of methoxy groups -OCH3 is 1. The Labute approximate surface area is 208 Å². The monoisotopic (exact) mass is 494 g/mol. The molecular weight excluding hydrogens is 468 g/mol. The molecule has 9 nitrogen and oxygen atoms in total. The third-order valence-corrected chi connectivity index (χ3v) is 6.28. The van der Waals surface area contributed by atoms with Crippen molar-refractivity contribution in [2.45, 2.75) is 38.9 Å².